The van der Waals surface area contributed by atoms with E-state index in [0.29, 0.717) is 22.5 Å². The highest BCUT2D eigenvalue weighted by atomic mass is 15.1. The van der Waals surface area contributed by atoms with Gasteiger partial charge in [-0.05, 0) is 97.1 Å². The molecule has 0 bridgehead atoms. The fraction of sp³-hybridized carbons (Fsp3) is 0.0714. The molecule has 0 saturated heterocycles. The van der Waals surface area contributed by atoms with Crippen LogP contribution in [-0.4, -0.2) is 13.1 Å². The molecule has 4 aromatic rings. The Balaban J connectivity index is 1.19. The lowest BCUT2D eigenvalue weighted by Gasteiger charge is -2.09. The van der Waals surface area contributed by atoms with Gasteiger partial charge >= 0.3 is 0 Å². The van der Waals surface area contributed by atoms with Gasteiger partial charge in [-0.1, -0.05) is 0 Å². The SMILES string of the molecule is N#Cc1ccc(N=Nc2ccc(NCCNc3ccc(N=Nc4ccc(C#N)cc4)cc3)cc2)cc1. The number of nitriles is 2. The summed E-state index contributed by atoms with van der Waals surface area (Å²) in [6.45, 7) is 1.48. The number of rotatable bonds is 9. The molecule has 0 aromatic heterocycles. The summed E-state index contributed by atoms with van der Waals surface area (Å²) in [4.78, 5) is 0. The van der Waals surface area contributed by atoms with Gasteiger partial charge in [0.25, 0.3) is 0 Å². The molecule has 0 heterocycles. The monoisotopic (exact) mass is 470 g/mol. The van der Waals surface area contributed by atoms with Crippen molar-refractivity contribution in [1.29, 1.82) is 10.5 Å². The summed E-state index contributed by atoms with van der Waals surface area (Å²) in [6.07, 6.45) is 0. The van der Waals surface area contributed by atoms with Gasteiger partial charge in [0, 0.05) is 24.5 Å². The summed E-state index contributed by atoms with van der Waals surface area (Å²) in [6, 6.07) is 33.5. The first-order chi connectivity index (χ1) is 17.7. The Morgan fingerprint density at radius 2 is 0.722 bits per heavy atom. The molecule has 4 rings (SSSR count). The van der Waals surface area contributed by atoms with Gasteiger partial charge in [-0.3, -0.25) is 0 Å². The average molecular weight is 471 g/mol. The maximum Gasteiger partial charge on any atom is 0.0991 e. The molecule has 4 aromatic carbocycles. The van der Waals surface area contributed by atoms with Crippen LogP contribution in [0.25, 0.3) is 0 Å². The zero-order chi connectivity index (χ0) is 25.0. The minimum Gasteiger partial charge on any atom is -0.383 e. The van der Waals surface area contributed by atoms with Crippen LogP contribution in [0.15, 0.2) is 118 Å². The van der Waals surface area contributed by atoms with Crippen LogP contribution < -0.4 is 10.6 Å². The highest BCUT2D eigenvalue weighted by Crippen LogP contribution is 2.22. The van der Waals surface area contributed by atoms with Crippen LogP contribution in [0.4, 0.5) is 34.1 Å². The van der Waals surface area contributed by atoms with Crippen molar-refractivity contribution in [1.82, 2.24) is 0 Å². The largest absolute Gasteiger partial charge is 0.383 e. The summed E-state index contributed by atoms with van der Waals surface area (Å²) < 4.78 is 0. The Morgan fingerprint density at radius 1 is 0.444 bits per heavy atom. The van der Waals surface area contributed by atoms with Crippen LogP contribution in [-0.2, 0) is 0 Å². The zero-order valence-electron chi connectivity index (χ0n) is 19.3. The van der Waals surface area contributed by atoms with E-state index >= 15 is 0 Å². The number of nitrogens with one attached hydrogen (secondary N) is 2. The van der Waals surface area contributed by atoms with E-state index in [1.807, 2.05) is 48.5 Å². The highest BCUT2D eigenvalue weighted by Gasteiger charge is 1.97. The van der Waals surface area contributed by atoms with E-state index in [1.165, 1.54) is 0 Å². The summed E-state index contributed by atoms with van der Waals surface area (Å²) in [5.41, 5.74) is 6.07. The molecule has 0 amide bonds. The predicted molar refractivity (Wildman–Crippen MR) is 141 cm³/mol. The van der Waals surface area contributed by atoms with Crippen molar-refractivity contribution in [2.24, 2.45) is 20.5 Å². The first-order valence-electron chi connectivity index (χ1n) is 11.2. The first kappa shape index (κ1) is 23.8. The van der Waals surface area contributed by atoms with Crippen molar-refractivity contribution in [3.63, 3.8) is 0 Å². The molecule has 0 unspecified atom stereocenters. The van der Waals surface area contributed by atoms with Crippen molar-refractivity contribution in [2.45, 2.75) is 0 Å². The molecule has 36 heavy (non-hydrogen) atoms. The normalized spacial score (nSPS) is 10.7. The van der Waals surface area contributed by atoms with Crippen LogP contribution in [0.2, 0.25) is 0 Å². The minimum absolute atomic E-state index is 0.596. The van der Waals surface area contributed by atoms with E-state index in [-0.39, 0.29) is 0 Å². The van der Waals surface area contributed by atoms with E-state index < -0.39 is 0 Å². The van der Waals surface area contributed by atoms with Crippen molar-refractivity contribution in [2.75, 3.05) is 23.7 Å². The first-order valence-corrected chi connectivity index (χ1v) is 11.2. The maximum atomic E-state index is 8.84. The Hall–Kier alpha value is -5.34. The summed E-state index contributed by atoms with van der Waals surface area (Å²) in [7, 11) is 0. The second-order valence-electron chi connectivity index (χ2n) is 7.66. The Bertz CT molecular complexity index is 1300. The van der Waals surface area contributed by atoms with Crippen molar-refractivity contribution in [3.05, 3.63) is 108 Å². The molecular formula is C28H22N8. The van der Waals surface area contributed by atoms with Gasteiger partial charge < -0.3 is 10.6 Å². The van der Waals surface area contributed by atoms with Crippen LogP contribution in [0.5, 0.6) is 0 Å². The minimum atomic E-state index is 0.596. The fourth-order valence-electron chi connectivity index (χ4n) is 3.14. The molecule has 0 fully saturated rings. The van der Waals surface area contributed by atoms with Gasteiger partial charge in [0.2, 0.25) is 0 Å². The van der Waals surface area contributed by atoms with E-state index in [0.717, 1.165) is 35.8 Å². The van der Waals surface area contributed by atoms with Gasteiger partial charge in [-0.2, -0.15) is 31.0 Å². The van der Waals surface area contributed by atoms with Crippen molar-refractivity contribution in [3.8, 4) is 12.1 Å². The molecule has 2 N–H and O–H groups in total. The Labute approximate surface area is 209 Å². The third-order valence-corrected chi connectivity index (χ3v) is 5.07. The molecular weight excluding hydrogens is 448 g/mol. The van der Waals surface area contributed by atoms with Gasteiger partial charge in [0.1, 0.15) is 0 Å². The lowest BCUT2D eigenvalue weighted by molar-refractivity contribution is 1.08. The van der Waals surface area contributed by atoms with Crippen LogP contribution in [0.3, 0.4) is 0 Å². The predicted octanol–water partition coefficient (Wildman–Crippen LogP) is 7.78. The zero-order valence-corrected chi connectivity index (χ0v) is 19.3. The molecule has 0 saturated carbocycles. The highest BCUT2D eigenvalue weighted by molar-refractivity contribution is 5.53. The molecule has 0 aliphatic heterocycles. The molecule has 0 atom stereocenters. The van der Waals surface area contributed by atoms with Gasteiger partial charge in [-0.15, -0.1) is 0 Å². The lowest BCUT2D eigenvalue weighted by atomic mass is 10.2. The molecule has 0 radical (unpaired) electrons. The molecule has 0 spiro atoms. The maximum absolute atomic E-state index is 8.84. The second-order valence-corrected chi connectivity index (χ2v) is 7.66. The number of azo groups is 2. The number of nitrogens with zero attached hydrogens (tertiary/aromatic N) is 6. The topological polar surface area (TPSA) is 121 Å². The lowest BCUT2D eigenvalue weighted by Crippen LogP contribution is -2.13. The van der Waals surface area contributed by atoms with Crippen LogP contribution >= 0.6 is 0 Å². The third-order valence-electron chi connectivity index (χ3n) is 5.07. The molecule has 0 aliphatic carbocycles. The fourth-order valence-corrected chi connectivity index (χ4v) is 3.14. The summed E-state index contributed by atoms with van der Waals surface area (Å²) >= 11 is 0. The Kier molecular flexibility index (Phi) is 8.08. The standard InChI is InChI=1S/C28H22N8/c29-19-21-1-5-25(6-2-21)33-35-27-13-9-23(10-14-27)31-17-18-32-24-11-15-28(16-12-24)36-34-26-7-3-22(20-30)4-8-26/h1-16,31-32H,17-18H2. The number of hydrogen-bond donors (Lipinski definition) is 2. The quantitative estimate of drug-likeness (QED) is 0.191. The Morgan fingerprint density at radius 3 is 1.00 bits per heavy atom. The smallest absolute Gasteiger partial charge is 0.0991 e. The molecule has 174 valence electrons. The van der Waals surface area contributed by atoms with Crippen LogP contribution in [0.1, 0.15) is 11.1 Å². The van der Waals surface area contributed by atoms with Crippen molar-refractivity contribution >= 4 is 34.1 Å². The van der Waals surface area contributed by atoms with E-state index in [9.17, 15) is 0 Å². The molecule has 8 heteroatoms. The third kappa shape index (κ3) is 7.08. The summed E-state index contributed by atoms with van der Waals surface area (Å²) in [5.74, 6) is 0. The summed E-state index contributed by atoms with van der Waals surface area (Å²) in [5, 5.41) is 41.3. The van der Waals surface area contributed by atoms with Crippen molar-refractivity contribution < 1.29 is 0 Å². The second kappa shape index (κ2) is 12.2. The van der Waals surface area contributed by atoms with Gasteiger partial charge in [0.05, 0.1) is 46.0 Å². The number of anilines is 2. The van der Waals surface area contributed by atoms with E-state index in [4.69, 9.17) is 10.5 Å². The number of hydrogen-bond acceptors (Lipinski definition) is 8. The van der Waals surface area contributed by atoms with Gasteiger partial charge in [-0.25, -0.2) is 0 Å². The molecule has 0 aliphatic rings. The molecule has 8 nitrogen and oxygen atoms in total. The number of benzene rings is 4. The van der Waals surface area contributed by atoms with Crippen LogP contribution in [0, 0.1) is 22.7 Å². The van der Waals surface area contributed by atoms with Gasteiger partial charge in [0.15, 0.2) is 0 Å². The van der Waals surface area contributed by atoms with E-state index in [1.54, 1.807) is 48.5 Å². The van der Waals surface area contributed by atoms with E-state index in [2.05, 4.69) is 43.2 Å². The average Bonchev–Trinajstić information content (AvgIpc) is 2.95.